The molecular weight excluding hydrogens is 312 g/mol. The lowest BCUT2D eigenvalue weighted by atomic mass is 9.78. The van der Waals surface area contributed by atoms with Crippen LogP contribution in [0.1, 0.15) is 46.5 Å². The summed E-state index contributed by atoms with van der Waals surface area (Å²) < 4.78 is 5.34. The Bertz CT molecular complexity index is 492. The summed E-state index contributed by atoms with van der Waals surface area (Å²) in [6, 6.07) is 0. The molecule has 1 aliphatic carbocycles. The Morgan fingerprint density at radius 3 is 1.92 bits per heavy atom. The van der Waals surface area contributed by atoms with Gasteiger partial charge in [0.25, 0.3) is 0 Å². The molecule has 1 heterocycles. The molecule has 0 radical (unpaired) electrons. The van der Waals surface area contributed by atoms with E-state index in [1.165, 1.54) is 0 Å². The number of carbonyl (C=O) groups excluding carboxylic acids is 2. The molecule has 7 nitrogen and oxygen atoms in total. The first-order valence-electron chi connectivity index (χ1n) is 8.68. The zero-order chi connectivity index (χ0) is 17.9. The van der Waals surface area contributed by atoms with Crippen LogP contribution in [0.15, 0.2) is 0 Å². The Morgan fingerprint density at radius 1 is 0.917 bits per heavy atom. The van der Waals surface area contributed by atoms with Crippen molar-refractivity contribution in [2.24, 2.45) is 11.8 Å². The van der Waals surface area contributed by atoms with Crippen LogP contribution in [0.3, 0.4) is 0 Å². The van der Waals surface area contributed by atoms with E-state index in [0.717, 1.165) is 12.8 Å². The molecule has 1 aliphatic heterocycles. The third-order valence-electron chi connectivity index (χ3n) is 4.64. The molecule has 7 heteroatoms. The van der Waals surface area contributed by atoms with E-state index in [9.17, 15) is 19.5 Å². The Labute approximate surface area is 142 Å². The first kappa shape index (κ1) is 18.5. The van der Waals surface area contributed by atoms with Crippen molar-refractivity contribution in [2.45, 2.75) is 52.1 Å². The molecule has 2 fully saturated rings. The average molecular weight is 340 g/mol. The van der Waals surface area contributed by atoms with Gasteiger partial charge in [-0.1, -0.05) is 12.8 Å². The minimum atomic E-state index is -0.875. The fourth-order valence-electron chi connectivity index (χ4n) is 3.39. The molecule has 0 spiro atoms. The van der Waals surface area contributed by atoms with Gasteiger partial charge in [-0.3, -0.25) is 9.59 Å². The van der Waals surface area contributed by atoms with Crippen molar-refractivity contribution in [2.75, 3.05) is 26.2 Å². The van der Waals surface area contributed by atoms with Crippen molar-refractivity contribution in [1.82, 2.24) is 9.80 Å². The maximum atomic E-state index is 12.7. The van der Waals surface area contributed by atoms with Crippen molar-refractivity contribution < 1.29 is 24.2 Å². The Hall–Kier alpha value is -1.79. The summed E-state index contributed by atoms with van der Waals surface area (Å²) in [7, 11) is 0. The third kappa shape index (κ3) is 4.61. The molecule has 0 aromatic rings. The lowest BCUT2D eigenvalue weighted by Crippen LogP contribution is -2.54. The molecule has 136 valence electrons. The van der Waals surface area contributed by atoms with Crippen molar-refractivity contribution in [3.05, 3.63) is 0 Å². The quantitative estimate of drug-likeness (QED) is 0.830. The summed E-state index contributed by atoms with van der Waals surface area (Å²) in [5, 5.41) is 9.34. The number of ether oxygens (including phenoxy) is 1. The highest BCUT2D eigenvalue weighted by atomic mass is 16.6. The zero-order valence-corrected chi connectivity index (χ0v) is 14.8. The van der Waals surface area contributed by atoms with E-state index in [2.05, 4.69) is 0 Å². The van der Waals surface area contributed by atoms with Gasteiger partial charge in [0.05, 0.1) is 11.8 Å². The van der Waals surface area contributed by atoms with E-state index in [1.807, 2.05) is 20.8 Å². The molecule has 0 aromatic carbocycles. The number of carboxylic acid groups (broad SMARTS) is 1. The first-order valence-corrected chi connectivity index (χ1v) is 8.68. The fraction of sp³-hybridized carbons (Fsp3) is 0.824. The van der Waals surface area contributed by atoms with E-state index < -0.39 is 23.4 Å². The van der Waals surface area contributed by atoms with Crippen LogP contribution < -0.4 is 0 Å². The van der Waals surface area contributed by atoms with Crippen LogP contribution >= 0.6 is 0 Å². The highest BCUT2D eigenvalue weighted by Gasteiger charge is 2.39. The number of rotatable bonds is 2. The van der Waals surface area contributed by atoms with E-state index in [1.54, 1.807) is 9.80 Å². The topological polar surface area (TPSA) is 87.2 Å². The number of amides is 2. The second-order valence-corrected chi connectivity index (χ2v) is 7.63. The van der Waals surface area contributed by atoms with Gasteiger partial charge < -0.3 is 19.6 Å². The lowest BCUT2D eigenvalue weighted by molar-refractivity contribution is -0.153. The van der Waals surface area contributed by atoms with Crippen molar-refractivity contribution >= 4 is 18.0 Å². The Kier molecular flexibility index (Phi) is 5.72. The maximum Gasteiger partial charge on any atom is 0.410 e. The SMILES string of the molecule is CC(C)(C)OC(=O)N1CCN(C(=O)C2CCCCC2C(=O)O)CC1. The molecular formula is C17H28N2O5. The van der Waals surface area contributed by atoms with Gasteiger partial charge in [0, 0.05) is 26.2 Å². The van der Waals surface area contributed by atoms with Crippen LogP contribution in [0.5, 0.6) is 0 Å². The summed E-state index contributed by atoms with van der Waals surface area (Å²) in [5.41, 5.74) is -0.541. The van der Waals surface area contributed by atoms with Crippen LogP contribution in [0.4, 0.5) is 4.79 Å². The normalized spacial score (nSPS) is 25.3. The molecule has 2 rings (SSSR count). The minimum absolute atomic E-state index is 0.0778. The third-order valence-corrected chi connectivity index (χ3v) is 4.64. The first-order chi connectivity index (χ1) is 11.2. The van der Waals surface area contributed by atoms with Crippen LogP contribution in [0, 0.1) is 11.8 Å². The van der Waals surface area contributed by atoms with Crippen molar-refractivity contribution in [1.29, 1.82) is 0 Å². The Morgan fingerprint density at radius 2 is 1.42 bits per heavy atom. The second-order valence-electron chi connectivity index (χ2n) is 7.63. The smallest absolute Gasteiger partial charge is 0.410 e. The van der Waals surface area contributed by atoms with E-state index >= 15 is 0 Å². The van der Waals surface area contributed by atoms with Gasteiger partial charge in [-0.25, -0.2) is 4.79 Å². The second kappa shape index (κ2) is 7.40. The predicted molar refractivity (Wildman–Crippen MR) is 87.5 cm³/mol. The largest absolute Gasteiger partial charge is 0.481 e. The van der Waals surface area contributed by atoms with E-state index in [0.29, 0.717) is 39.0 Å². The molecule has 2 unspecified atom stereocenters. The van der Waals surface area contributed by atoms with Gasteiger partial charge in [-0.2, -0.15) is 0 Å². The molecule has 2 atom stereocenters. The average Bonchev–Trinajstić information content (AvgIpc) is 2.52. The number of carboxylic acids is 1. The number of carbonyl (C=O) groups is 3. The van der Waals surface area contributed by atoms with Gasteiger partial charge in [0.2, 0.25) is 5.91 Å². The van der Waals surface area contributed by atoms with Crippen LogP contribution in [0.2, 0.25) is 0 Å². The zero-order valence-electron chi connectivity index (χ0n) is 14.8. The minimum Gasteiger partial charge on any atom is -0.481 e. The number of hydrogen-bond donors (Lipinski definition) is 1. The summed E-state index contributed by atoms with van der Waals surface area (Å²) >= 11 is 0. The van der Waals surface area contributed by atoms with E-state index in [-0.39, 0.29) is 12.0 Å². The molecule has 1 N–H and O–H groups in total. The van der Waals surface area contributed by atoms with Crippen LogP contribution in [0.25, 0.3) is 0 Å². The number of piperazine rings is 1. The van der Waals surface area contributed by atoms with E-state index in [4.69, 9.17) is 4.74 Å². The van der Waals surface area contributed by atoms with Gasteiger partial charge >= 0.3 is 12.1 Å². The van der Waals surface area contributed by atoms with Crippen LogP contribution in [-0.4, -0.2) is 64.7 Å². The monoisotopic (exact) mass is 340 g/mol. The predicted octanol–water partition coefficient (Wildman–Crippen LogP) is 1.96. The van der Waals surface area contributed by atoms with Crippen molar-refractivity contribution in [3.63, 3.8) is 0 Å². The molecule has 2 aliphatic rings. The highest BCUT2D eigenvalue weighted by Crippen LogP contribution is 2.32. The Balaban J connectivity index is 1.90. The number of aliphatic carboxylic acids is 1. The lowest BCUT2D eigenvalue weighted by Gasteiger charge is -2.38. The molecule has 24 heavy (non-hydrogen) atoms. The molecule has 1 saturated carbocycles. The molecule has 1 saturated heterocycles. The summed E-state index contributed by atoms with van der Waals surface area (Å²) in [6.07, 6.45) is 2.62. The number of hydrogen-bond acceptors (Lipinski definition) is 4. The summed E-state index contributed by atoms with van der Waals surface area (Å²) in [6.45, 7) is 7.16. The van der Waals surface area contributed by atoms with Gasteiger partial charge in [0.15, 0.2) is 0 Å². The fourth-order valence-corrected chi connectivity index (χ4v) is 3.39. The van der Waals surface area contributed by atoms with Gasteiger partial charge in [-0.05, 0) is 33.6 Å². The summed E-state index contributed by atoms with van der Waals surface area (Å²) in [5.74, 6) is -1.95. The molecule has 0 bridgehead atoms. The molecule has 2 amide bonds. The maximum absolute atomic E-state index is 12.7. The molecule has 0 aromatic heterocycles. The summed E-state index contributed by atoms with van der Waals surface area (Å²) in [4.78, 5) is 39.4. The highest BCUT2D eigenvalue weighted by molar-refractivity contribution is 5.85. The number of nitrogens with zero attached hydrogens (tertiary/aromatic N) is 2. The standard InChI is InChI=1S/C17H28N2O5/c1-17(2,3)24-16(23)19-10-8-18(9-11-19)14(20)12-6-4-5-7-13(12)15(21)22/h12-13H,4-11H2,1-3H3,(H,21,22). The van der Waals surface area contributed by atoms with Crippen molar-refractivity contribution in [3.8, 4) is 0 Å². The van der Waals surface area contributed by atoms with Gasteiger partial charge in [0.1, 0.15) is 5.60 Å². The van der Waals surface area contributed by atoms with Gasteiger partial charge in [-0.15, -0.1) is 0 Å². The van der Waals surface area contributed by atoms with Crippen LogP contribution in [-0.2, 0) is 14.3 Å².